The van der Waals surface area contributed by atoms with E-state index in [1.807, 2.05) is 13.0 Å². The molecule has 3 aromatic rings. The van der Waals surface area contributed by atoms with Crippen molar-refractivity contribution in [2.24, 2.45) is 5.73 Å². The average molecular weight is 412 g/mol. The molecule has 1 atom stereocenters. The van der Waals surface area contributed by atoms with Crippen LogP contribution in [0.3, 0.4) is 0 Å². The molecule has 1 aliphatic heterocycles. The van der Waals surface area contributed by atoms with E-state index in [9.17, 15) is 14.9 Å². The second-order valence-electron chi connectivity index (χ2n) is 7.31. The fourth-order valence-electron chi connectivity index (χ4n) is 3.64. The molecule has 0 bridgehead atoms. The summed E-state index contributed by atoms with van der Waals surface area (Å²) in [6.45, 7) is 2.20. The van der Waals surface area contributed by atoms with Gasteiger partial charge in [-0.05, 0) is 54.4 Å². The Labute approximate surface area is 179 Å². The second-order valence-corrected chi connectivity index (χ2v) is 7.31. The van der Waals surface area contributed by atoms with Crippen molar-refractivity contribution in [3.05, 3.63) is 94.0 Å². The molecular formula is C25H20N2O4. The van der Waals surface area contributed by atoms with Crippen molar-refractivity contribution in [2.75, 3.05) is 6.61 Å². The van der Waals surface area contributed by atoms with E-state index in [4.69, 9.17) is 15.2 Å². The molecular weight excluding hydrogens is 392 g/mol. The lowest BCUT2D eigenvalue weighted by Gasteiger charge is -2.24. The minimum absolute atomic E-state index is 0.0520. The molecule has 154 valence electrons. The van der Waals surface area contributed by atoms with Crippen LogP contribution in [0, 0.1) is 18.3 Å². The highest BCUT2D eigenvalue weighted by Crippen LogP contribution is 2.38. The van der Waals surface area contributed by atoms with Crippen LogP contribution >= 0.6 is 0 Å². The van der Waals surface area contributed by atoms with Crippen LogP contribution in [-0.2, 0) is 0 Å². The summed E-state index contributed by atoms with van der Waals surface area (Å²) in [5.74, 6) is 0.654. The Bertz CT molecular complexity index is 1210. The first-order valence-corrected chi connectivity index (χ1v) is 9.84. The quantitative estimate of drug-likeness (QED) is 0.680. The predicted molar refractivity (Wildman–Crippen MR) is 114 cm³/mol. The van der Waals surface area contributed by atoms with Crippen molar-refractivity contribution in [3.8, 4) is 17.6 Å². The van der Waals surface area contributed by atoms with Gasteiger partial charge in [0.2, 0.25) is 5.91 Å². The molecule has 0 spiro atoms. The zero-order valence-corrected chi connectivity index (χ0v) is 16.9. The number of amides is 1. The Morgan fingerprint density at radius 2 is 1.90 bits per heavy atom. The standard InChI is InChI=1S/C25H20N2O4/c1-15-22(10-9-20-21(28)11-12-30-23(15)20)31-24(19-4-2-3-16(13-19)14-26)17-5-7-18(8-6-17)25(27)29/h2-10,13,24H,11-12H2,1H3,(H2,27,29). The van der Waals surface area contributed by atoms with Crippen molar-refractivity contribution < 1.29 is 19.1 Å². The normalized spacial score (nSPS) is 13.5. The number of ether oxygens (including phenoxy) is 2. The molecule has 1 amide bonds. The predicted octanol–water partition coefficient (Wildman–Crippen LogP) is 4.10. The van der Waals surface area contributed by atoms with Crippen molar-refractivity contribution in [1.82, 2.24) is 0 Å². The molecule has 0 fully saturated rings. The van der Waals surface area contributed by atoms with Crippen molar-refractivity contribution in [3.63, 3.8) is 0 Å². The number of nitriles is 1. The molecule has 4 rings (SSSR count). The number of carbonyl (C=O) groups excluding carboxylic acids is 2. The van der Waals surface area contributed by atoms with Gasteiger partial charge in [0.25, 0.3) is 0 Å². The number of carbonyl (C=O) groups is 2. The molecule has 6 heteroatoms. The lowest BCUT2D eigenvalue weighted by Crippen LogP contribution is -2.17. The van der Waals surface area contributed by atoms with Crippen LogP contribution in [0.2, 0.25) is 0 Å². The number of hydrogen-bond acceptors (Lipinski definition) is 5. The summed E-state index contributed by atoms with van der Waals surface area (Å²) in [4.78, 5) is 23.6. The summed E-state index contributed by atoms with van der Waals surface area (Å²) in [5, 5.41) is 9.31. The van der Waals surface area contributed by atoms with E-state index >= 15 is 0 Å². The Morgan fingerprint density at radius 1 is 1.13 bits per heavy atom. The summed E-state index contributed by atoms with van der Waals surface area (Å²) in [5.41, 5.74) is 9.13. The van der Waals surface area contributed by atoms with Crippen LogP contribution in [-0.4, -0.2) is 18.3 Å². The molecule has 6 nitrogen and oxygen atoms in total. The van der Waals surface area contributed by atoms with Crippen molar-refractivity contribution >= 4 is 11.7 Å². The van der Waals surface area contributed by atoms with E-state index in [-0.39, 0.29) is 5.78 Å². The Balaban J connectivity index is 1.77. The largest absolute Gasteiger partial charge is 0.492 e. The van der Waals surface area contributed by atoms with Gasteiger partial charge in [-0.25, -0.2) is 0 Å². The number of primary amides is 1. The average Bonchev–Trinajstić information content (AvgIpc) is 2.79. The van der Waals surface area contributed by atoms with E-state index in [0.29, 0.717) is 41.2 Å². The van der Waals surface area contributed by atoms with E-state index in [1.54, 1.807) is 54.6 Å². The van der Waals surface area contributed by atoms with Crippen LogP contribution < -0.4 is 15.2 Å². The molecule has 1 heterocycles. The lowest BCUT2D eigenvalue weighted by atomic mass is 9.97. The van der Waals surface area contributed by atoms with Gasteiger partial charge in [0.15, 0.2) is 5.78 Å². The highest BCUT2D eigenvalue weighted by molar-refractivity contribution is 6.00. The number of Topliss-reactive ketones (excluding diaryl/α,β-unsaturated/α-hetero) is 1. The minimum Gasteiger partial charge on any atom is -0.492 e. The van der Waals surface area contributed by atoms with Gasteiger partial charge in [-0.3, -0.25) is 9.59 Å². The van der Waals surface area contributed by atoms with Gasteiger partial charge in [-0.1, -0.05) is 24.3 Å². The zero-order chi connectivity index (χ0) is 22.0. The first-order valence-electron chi connectivity index (χ1n) is 9.84. The number of fused-ring (bicyclic) bond motifs is 1. The number of nitrogens with two attached hydrogens (primary N) is 1. The van der Waals surface area contributed by atoms with E-state index in [1.165, 1.54) is 0 Å². The Kier molecular flexibility index (Phi) is 5.42. The van der Waals surface area contributed by atoms with Gasteiger partial charge in [0, 0.05) is 17.5 Å². The Morgan fingerprint density at radius 3 is 2.61 bits per heavy atom. The maximum absolute atomic E-state index is 12.2. The highest BCUT2D eigenvalue weighted by Gasteiger charge is 2.24. The molecule has 0 saturated carbocycles. The van der Waals surface area contributed by atoms with Crippen LogP contribution in [0.4, 0.5) is 0 Å². The molecule has 0 saturated heterocycles. The first kappa shape index (κ1) is 20.2. The third-order valence-corrected chi connectivity index (χ3v) is 5.29. The van der Waals surface area contributed by atoms with E-state index < -0.39 is 12.0 Å². The zero-order valence-electron chi connectivity index (χ0n) is 16.9. The van der Waals surface area contributed by atoms with Gasteiger partial charge in [-0.15, -0.1) is 0 Å². The SMILES string of the molecule is Cc1c(OC(c2ccc(C(N)=O)cc2)c2cccc(C#N)c2)ccc2c1OCCC2=O. The van der Waals surface area contributed by atoms with Gasteiger partial charge in [0.05, 0.1) is 23.8 Å². The van der Waals surface area contributed by atoms with Gasteiger partial charge < -0.3 is 15.2 Å². The van der Waals surface area contributed by atoms with Crippen molar-refractivity contribution in [1.29, 1.82) is 5.26 Å². The molecule has 0 radical (unpaired) electrons. The number of nitrogens with zero attached hydrogens (tertiary/aromatic N) is 1. The summed E-state index contributed by atoms with van der Waals surface area (Å²) >= 11 is 0. The minimum atomic E-state index is -0.550. The third-order valence-electron chi connectivity index (χ3n) is 5.29. The number of ketones is 1. The van der Waals surface area contributed by atoms with E-state index in [0.717, 1.165) is 16.7 Å². The molecule has 2 N–H and O–H groups in total. The summed E-state index contributed by atoms with van der Waals surface area (Å²) in [6, 6.07) is 19.6. The smallest absolute Gasteiger partial charge is 0.248 e. The van der Waals surface area contributed by atoms with Crippen LogP contribution in [0.25, 0.3) is 0 Å². The molecule has 1 aliphatic rings. The summed E-state index contributed by atoms with van der Waals surface area (Å²) in [7, 11) is 0. The number of benzene rings is 3. The monoisotopic (exact) mass is 412 g/mol. The first-order chi connectivity index (χ1) is 15.0. The maximum atomic E-state index is 12.2. The van der Waals surface area contributed by atoms with Crippen LogP contribution in [0.15, 0.2) is 60.7 Å². The number of rotatable bonds is 5. The Hall–Kier alpha value is -4.11. The fraction of sp³-hybridized carbons (Fsp3) is 0.160. The van der Waals surface area contributed by atoms with Gasteiger partial charge in [0.1, 0.15) is 17.6 Å². The third kappa shape index (κ3) is 3.99. The van der Waals surface area contributed by atoms with Gasteiger partial charge in [-0.2, -0.15) is 5.26 Å². The summed E-state index contributed by atoms with van der Waals surface area (Å²) in [6.07, 6.45) is -0.186. The van der Waals surface area contributed by atoms with Crippen LogP contribution in [0.5, 0.6) is 11.5 Å². The molecule has 0 aromatic heterocycles. The molecule has 31 heavy (non-hydrogen) atoms. The lowest BCUT2D eigenvalue weighted by molar-refractivity contribution is 0.0931. The summed E-state index contributed by atoms with van der Waals surface area (Å²) < 4.78 is 12.1. The van der Waals surface area contributed by atoms with Gasteiger partial charge >= 0.3 is 0 Å². The fourth-order valence-corrected chi connectivity index (χ4v) is 3.64. The number of hydrogen-bond donors (Lipinski definition) is 1. The topological polar surface area (TPSA) is 102 Å². The molecule has 1 unspecified atom stereocenters. The molecule has 3 aromatic carbocycles. The highest BCUT2D eigenvalue weighted by atomic mass is 16.5. The van der Waals surface area contributed by atoms with Crippen molar-refractivity contribution in [2.45, 2.75) is 19.4 Å². The maximum Gasteiger partial charge on any atom is 0.248 e. The van der Waals surface area contributed by atoms with E-state index in [2.05, 4.69) is 6.07 Å². The molecule has 0 aliphatic carbocycles. The second kappa shape index (κ2) is 8.33. The van der Waals surface area contributed by atoms with Crippen LogP contribution in [0.1, 0.15) is 55.5 Å².